The van der Waals surface area contributed by atoms with Crippen molar-refractivity contribution in [3.63, 3.8) is 0 Å². The Balaban J connectivity index is 1.59. The molecule has 7 heteroatoms. The first-order chi connectivity index (χ1) is 12.9. The highest BCUT2D eigenvalue weighted by Gasteiger charge is 2.45. The minimum absolute atomic E-state index is 0.194. The Morgan fingerprint density at radius 3 is 2.70 bits per heavy atom. The topological polar surface area (TPSA) is 97.3 Å². The van der Waals surface area contributed by atoms with Crippen molar-refractivity contribution in [2.24, 2.45) is 0 Å². The fraction of sp³-hybridized carbons (Fsp3) is 0.350. The van der Waals surface area contributed by atoms with Crippen molar-refractivity contribution in [3.8, 4) is 11.5 Å². The number of fused-ring (bicyclic) bond motifs is 1. The van der Waals surface area contributed by atoms with Crippen LogP contribution in [0.25, 0.3) is 0 Å². The van der Waals surface area contributed by atoms with Gasteiger partial charge in [0.2, 0.25) is 5.79 Å². The lowest BCUT2D eigenvalue weighted by atomic mass is 9.97. The van der Waals surface area contributed by atoms with Gasteiger partial charge in [-0.1, -0.05) is 36.4 Å². The number of hydrogen-bond acceptors (Lipinski definition) is 6. The Kier molecular flexibility index (Phi) is 5.53. The molecule has 0 saturated carbocycles. The molecule has 7 nitrogen and oxygen atoms in total. The zero-order chi connectivity index (χ0) is 19.4. The molecule has 0 aromatic heterocycles. The number of carbonyl (C=O) groups excluding carboxylic acids is 1. The molecule has 2 aromatic carbocycles. The summed E-state index contributed by atoms with van der Waals surface area (Å²) in [5, 5.41) is 23.3. The second-order valence-electron chi connectivity index (χ2n) is 6.47. The van der Waals surface area contributed by atoms with Crippen molar-refractivity contribution in [1.29, 1.82) is 0 Å². The maximum absolute atomic E-state index is 11.8. The molecule has 0 aliphatic carbocycles. The highest BCUT2D eigenvalue weighted by atomic mass is 16.7. The van der Waals surface area contributed by atoms with Gasteiger partial charge in [-0.2, -0.15) is 0 Å². The van der Waals surface area contributed by atoms with E-state index in [4.69, 9.17) is 14.2 Å². The lowest BCUT2D eigenvalue weighted by molar-refractivity contribution is -0.175. The van der Waals surface area contributed by atoms with Crippen molar-refractivity contribution in [1.82, 2.24) is 5.32 Å². The second-order valence-corrected chi connectivity index (χ2v) is 6.47. The van der Waals surface area contributed by atoms with E-state index in [9.17, 15) is 15.0 Å². The zero-order valence-corrected chi connectivity index (χ0v) is 15.3. The Morgan fingerprint density at radius 2 is 2.00 bits per heavy atom. The van der Waals surface area contributed by atoms with E-state index in [0.29, 0.717) is 30.0 Å². The minimum atomic E-state index is -1.73. The minimum Gasteiger partial charge on any atom is -0.493 e. The maximum Gasteiger partial charge on any atom is 0.407 e. The van der Waals surface area contributed by atoms with E-state index in [1.165, 1.54) is 14.0 Å². The van der Waals surface area contributed by atoms with Crippen molar-refractivity contribution < 1.29 is 29.2 Å². The average molecular weight is 373 g/mol. The third kappa shape index (κ3) is 4.15. The van der Waals surface area contributed by atoms with Crippen LogP contribution in [0.3, 0.4) is 0 Å². The number of benzene rings is 2. The quantitative estimate of drug-likeness (QED) is 0.719. The number of carbonyl (C=O) groups is 1. The van der Waals surface area contributed by atoms with E-state index in [1.807, 2.05) is 30.3 Å². The van der Waals surface area contributed by atoms with E-state index in [2.05, 4.69) is 5.32 Å². The van der Waals surface area contributed by atoms with E-state index in [0.717, 1.165) is 11.1 Å². The van der Waals surface area contributed by atoms with Crippen LogP contribution in [0.4, 0.5) is 4.79 Å². The van der Waals surface area contributed by atoms with E-state index >= 15 is 0 Å². The fourth-order valence-electron chi connectivity index (χ4n) is 3.01. The summed E-state index contributed by atoms with van der Waals surface area (Å²) < 4.78 is 15.9. The molecule has 144 valence electrons. The van der Waals surface area contributed by atoms with Gasteiger partial charge < -0.3 is 29.7 Å². The van der Waals surface area contributed by atoms with Gasteiger partial charge >= 0.3 is 6.09 Å². The fourth-order valence-corrected chi connectivity index (χ4v) is 3.01. The van der Waals surface area contributed by atoms with Crippen molar-refractivity contribution >= 4 is 6.09 Å². The van der Waals surface area contributed by atoms with E-state index in [-0.39, 0.29) is 6.61 Å². The number of aliphatic hydroxyl groups is 2. The summed E-state index contributed by atoms with van der Waals surface area (Å²) in [7, 11) is 1.49. The first kappa shape index (κ1) is 19.0. The molecule has 0 saturated heterocycles. The molecule has 1 heterocycles. The summed E-state index contributed by atoms with van der Waals surface area (Å²) in [6.07, 6.45) is -1.29. The van der Waals surface area contributed by atoms with Crippen molar-refractivity contribution in [3.05, 3.63) is 59.2 Å². The first-order valence-corrected chi connectivity index (χ1v) is 8.66. The van der Waals surface area contributed by atoms with Crippen LogP contribution in [0, 0.1) is 0 Å². The van der Waals surface area contributed by atoms with Gasteiger partial charge in [0.15, 0.2) is 11.5 Å². The molecule has 3 rings (SSSR count). The molecule has 0 radical (unpaired) electrons. The molecule has 3 N–H and O–H groups in total. The molecule has 0 spiro atoms. The molecule has 2 unspecified atom stereocenters. The molecule has 1 aliphatic heterocycles. The van der Waals surface area contributed by atoms with Crippen molar-refractivity contribution in [2.45, 2.75) is 31.8 Å². The van der Waals surface area contributed by atoms with Gasteiger partial charge in [0.1, 0.15) is 12.7 Å². The predicted molar refractivity (Wildman–Crippen MR) is 97.5 cm³/mol. The number of alkyl carbamates (subject to hydrolysis) is 1. The second kappa shape index (κ2) is 7.85. The van der Waals surface area contributed by atoms with Crippen LogP contribution in [0.5, 0.6) is 11.5 Å². The Morgan fingerprint density at radius 1 is 1.26 bits per heavy atom. The predicted octanol–water partition coefficient (Wildman–Crippen LogP) is 2.30. The van der Waals surface area contributed by atoms with Crippen LogP contribution < -0.4 is 14.8 Å². The smallest absolute Gasteiger partial charge is 0.407 e. The SMILES string of the molecule is COc1ccc(CCNC(=O)OCc2ccccc2)c2c1OC(C)(O)C2O. The van der Waals surface area contributed by atoms with Crippen LogP contribution in [0.1, 0.15) is 29.7 Å². The number of amides is 1. The molecule has 2 aromatic rings. The number of ether oxygens (including phenoxy) is 3. The van der Waals surface area contributed by atoms with Gasteiger partial charge in [-0.05, 0) is 23.6 Å². The summed E-state index contributed by atoms with van der Waals surface area (Å²) in [6.45, 7) is 1.89. The molecule has 1 amide bonds. The number of nitrogens with one attached hydrogen (secondary N) is 1. The summed E-state index contributed by atoms with van der Waals surface area (Å²) >= 11 is 0. The van der Waals surface area contributed by atoms with E-state index < -0.39 is 18.0 Å². The van der Waals surface area contributed by atoms with E-state index in [1.54, 1.807) is 12.1 Å². The highest BCUT2D eigenvalue weighted by Crippen LogP contribution is 2.48. The zero-order valence-electron chi connectivity index (χ0n) is 15.3. The molecular weight excluding hydrogens is 350 g/mol. The molecule has 0 bridgehead atoms. The first-order valence-electron chi connectivity index (χ1n) is 8.66. The third-order valence-electron chi connectivity index (χ3n) is 4.44. The van der Waals surface area contributed by atoms with Gasteiger partial charge in [0, 0.05) is 19.0 Å². The normalized spacial score (nSPS) is 20.5. The standard InChI is InChI=1S/C20H23NO6/c1-20(24)18(22)16-14(8-9-15(25-2)17(16)27-20)10-11-21-19(23)26-12-13-6-4-3-5-7-13/h3-9,18,22,24H,10-12H2,1-2H3,(H,21,23). The molecule has 2 atom stereocenters. The lowest BCUT2D eigenvalue weighted by Crippen LogP contribution is -2.34. The number of rotatable bonds is 6. The third-order valence-corrected chi connectivity index (χ3v) is 4.44. The molecule has 27 heavy (non-hydrogen) atoms. The maximum atomic E-state index is 11.8. The van der Waals surface area contributed by atoms with Crippen molar-refractivity contribution in [2.75, 3.05) is 13.7 Å². The molecule has 1 aliphatic rings. The number of aliphatic hydroxyl groups excluding tert-OH is 1. The summed E-state index contributed by atoms with van der Waals surface area (Å²) in [4.78, 5) is 11.8. The lowest BCUT2D eigenvalue weighted by Gasteiger charge is -2.20. The Labute approximate surface area is 157 Å². The van der Waals surface area contributed by atoms with Crippen LogP contribution >= 0.6 is 0 Å². The monoisotopic (exact) mass is 373 g/mol. The Bertz CT molecular complexity index is 806. The van der Waals surface area contributed by atoms with Gasteiger partial charge in [-0.3, -0.25) is 0 Å². The molecule has 0 fully saturated rings. The molecular formula is C20H23NO6. The highest BCUT2D eigenvalue weighted by molar-refractivity contribution is 5.67. The van der Waals surface area contributed by atoms with Gasteiger partial charge in [-0.15, -0.1) is 0 Å². The summed E-state index contributed by atoms with van der Waals surface area (Å²) in [5.74, 6) is -0.978. The van der Waals surface area contributed by atoms with Gasteiger partial charge in [-0.25, -0.2) is 4.79 Å². The van der Waals surface area contributed by atoms with Crippen LogP contribution in [-0.2, 0) is 17.8 Å². The summed E-state index contributed by atoms with van der Waals surface area (Å²) in [5.41, 5.74) is 2.13. The van der Waals surface area contributed by atoms with Gasteiger partial charge in [0.25, 0.3) is 0 Å². The average Bonchev–Trinajstić information content (AvgIpc) is 2.91. The van der Waals surface area contributed by atoms with Crippen LogP contribution in [0.2, 0.25) is 0 Å². The summed E-state index contributed by atoms with van der Waals surface area (Å²) in [6, 6.07) is 12.9. The van der Waals surface area contributed by atoms with Gasteiger partial charge in [0.05, 0.1) is 7.11 Å². The van der Waals surface area contributed by atoms with Crippen LogP contribution in [0.15, 0.2) is 42.5 Å². The van der Waals surface area contributed by atoms with Crippen LogP contribution in [-0.4, -0.2) is 35.7 Å². The number of hydrogen-bond donors (Lipinski definition) is 3. The largest absolute Gasteiger partial charge is 0.493 e. The number of methoxy groups -OCH3 is 1. The Hall–Kier alpha value is -2.77.